The van der Waals surface area contributed by atoms with Gasteiger partial charge in [-0.15, -0.1) is 24.8 Å². The summed E-state index contributed by atoms with van der Waals surface area (Å²) >= 11 is 3.76. The van der Waals surface area contributed by atoms with Crippen molar-refractivity contribution in [1.82, 2.24) is 10.2 Å². The van der Waals surface area contributed by atoms with Crippen LogP contribution in [0.5, 0.6) is 0 Å². The van der Waals surface area contributed by atoms with E-state index in [1.807, 2.05) is 0 Å². The lowest BCUT2D eigenvalue weighted by Gasteiger charge is -2.41. The first-order chi connectivity index (χ1) is 9.86. The Morgan fingerprint density at radius 3 is 2.36 bits per heavy atom. The van der Waals surface area contributed by atoms with Gasteiger partial charge in [-0.25, -0.2) is 0 Å². The van der Waals surface area contributed by atoms with E-state index in [1.165, 1.54) is 22.9 Å². The van der Waals surface area contributed by atoms with E-state index in [4.69, 9.17) is 4.74 Å². The van der Waals surface area contributed by atoms with Gasteiger partial charge in [0.05, 0.1) is 0 Å². The molecule has 1 N–H and O–H groups in total. The van der Waals surface area contributed by atoms with Gasteiger partial charge in [0, 0.05) is 49.9 Å². The molecule has 0 aliphatic carbocycles. The highest BCUT2D eigenvalue weighted by molar-refractivity contribution is 9.10. The number of ether oxygens (including phenoxy) is 1. The molecule has 2 aliphatic heterocycles. The number of hydrogen-bond donors (Lipinski definition) is 1. The van der Waals surface area contributed by atoms with Crippen LogP contribution in [0, 0.1) is 5.92 Å². The largest absolute Gasteiger partial charge is 0.381 e. The second kappa shape index (κ2) is 10.1. The van der Waals surface area contributed by atoms with E-state index < -0.39 is 0 Å². The van der Waals surface area contributed by atoms with Gasteiger partial charge in [0.2, 0.25) is 0 Å². The van der Waals surface area contributed by atoms with E-state index in [2.05, 4.69) is 50.4 Å². The van der Waals surface area contributed by atoms with Crippen LogP contribution in [0.15, 0.2) is 28.7 Å². The van der Waals surface area contributed by atoms with Crippen LogP contribution in [0.4, 0.5) is 0 Å². The number of nitrogens with one attached hydrogen (secondary N) is 1. The van der Waals surface area contributed by atoms with Crippen LogP contribution in [-0.4, -0.2) is 44.3 Å². The zero-order valence-electron chi connectivity index (χ0n) is 12.7. The summed E-state index contributed by atoms with van der Waals surface area (Å²) < 4.78 is 6.81. The smallest absolute Gasteiger partial charge is 0.0469 e. The number of halogens is 3. The van der Waals surface area contributed by atoms with Crippen molar-refractivity contribution in [1.29, 1.82) is 0 Å². The molecule has 1 aromatic carbocycles. The zero-order valence-corrected chi connectivity index (χ0v) is 15.9. The molecule has 22 heavy (non-hydrogen) atoms. The lowest BCUT2D eigenvalue weighted by Crippen LogP contribution is -2.47. The van der Waals surface area contributed by atoms with Crippen molar-refractivity contribution < 1.29 is 4.74 Å². The lowest BCUT2D eigenvalue weighted by atomic mass is 9.85. The minimum Gasteiger partial charge on any atom is -0.381 e. The second-order valence-corrected chi connectivity index (χ2v) is 6.56. The van der Waals surface area contributed by atoms with E-state index >= 15 is 0 Å². The molecule has 0 spiro atoms. The van der Waals surface area contributed by atoms with Crippen molar-refractivity contribution in [3.8, 4) is 0 Å². The Bertz CT molecular complexity index is 420. The molecular formula is C16H25BrCl2N2O. The summed E-state index contributed by atoms with van der Waals surface area (Å²) in [5.74, 6) is 0.709. The predicted octanol–water partition coefficient (Wildman–Crippen LogP) is 3.67. The third-order valence-electron chi connectivity index (χ3n) is 4.48. The summed E-state index contributed by atoms with van der Waals surface area (Å²) in [4.78, 5) is 2.66. The van der Waals surface area contributed by atoms with Crippen LogP contribution in [0.1, 0.15) is 24.4 Å². The first-order valence-electron chi connectivity index (χ1n) is 7.63. The third-order valence-corrected chi connectivity index (χ3v) is 5.20. The minimum atomic E-state index is 0. The summed E-state index contributed by atoms with van der Waals surface area (Å²) in [6, 6.07) is 9.24. The second-order valence-electron chi connectivity index (χ2n) is 5.70. The number of piperazine rings is 1. The quantitative estimate of drug-likeness (QED) is 0.821. The highest BCUT2D eigenvalue weighted by Crippen LogP contribution is 2.38. The van der Waals surface area contributed by atoms with Gasteiger partial charge in [0.1, 0.15) is 0 Å². The van der Waals surface area contributed by atoms with Crippen LogP contribution < -0.4 is 5.32 Å². The molecule has 3 nitrogen and oxygen atoms in total. The molecule has 2 heterocycles. The predicted molar refractivity (Wildman–Crippen MR) is 99.4 cm³/mol. The normalized spacial score (nSPS) is 21.5. The molecule has 3 rings (SSSR count). The van der Waals surface area contributed by atoms with Crippen molar-refractivity contribution in [2.24, 2.45) is 5.92 Å². The Morgan fingerprint density at radius 2 is 1.73 bits per heavy atom. The maximum atomic E-state index is 5.56. The van der Waals surface area contributed by atoms with Crippen LogP contribution in [-0.2, 0) is 4.74 Å². The fraction of sp³-hybridized carbons (Fsp3) is 0.625. The van der Waals surface area contributed by atoms with E-state index in [-0.39, 0.29) is 24.8 Å². The summed E-state index contributed by atoms with van der Waals surface area (Å²) in [6.07, 6.45) is 2.35. The lowest BCUT2D eigenvalue weighted by molar-refractivity contribution is 0.0211. The summed E-state index contributed by atoms with van der Waals surface area (Å²) in [5, 5.41) is 3.46. The molecule has 0 bridgehead atoms. The highest BCUT2D eigenvalue weighted by atomic mass is 79.9. The molecule has 2 fully saturated rings. The third kappa shape index (κ3) is 4.83. The number of rotatable bonds is 3. The summed E-state index contributed by atoms with van der Waals surface area (Å²) in [7, 11) is 0. The van der Waals surface area contributed by atoms with Gasteiger partial charge in [0.25, 0.3) is 0 Å². The molecule has 0 radical (unpaired) electrons. The molecule has 1 aromatic rings. The van der Waals surface area contributed by atoms with Crippen molar-refractivity contribution in [2.45, 2.75) is 18.9 Å². The monoisotopic (exact) mass is 410 g/mol. The topological polar surface area (TPSA) is 24.5 Å². The molecule has 126 valence electrons. The molecule has 0 unspecified atom stereocenters. The molecule has 0 saturated carbocycles. The number of benzene rings is 1. The first-order valence-corrected chi connectivity index (χ1v) is 8.42. The van der Waals surface area contributed by atoms with Crippen LogP contribution in [0.25, 0.3) is 0 Å². The highest BCUT2D eigenvalue weighted by Gasteiger charge is 2.32. The van der Waals surface area contributed by atoms with Crippen LogP contribution >= 0.6 is 40.7 Å². The van der Waals surface area contributed by atoms with Gasteiger partial charge < -0.3 is 10.1 Å². The number of nitrogens with zero attached hydrogens (tertiary/aromatic N) is 1. The Morgan fingerprint density at radius 1 is 1.09 bits per heavy atom. The Labute approximate surface area is 154 Å². The Hall–Kier alpha value is 0.160. The average molecular weight is 412 g/mol. The van der Waals surface area contributed by atoms with Gasteiger partial charge in [-0.2, -0.15) is 0 Å². The van der Waals surface area contributed by atoms with Gasteiger partial charge in [-0.05, 0) is 30.4 Å². The Kier molecular flexibility index (Phi) is 9.29. The van der Waals surface area contributed by atoms with Crippen LogP contribution in [0.2, 0.25) is 0 Å². The van der Waals surface area contributed by atoms with Gasteiger partial charge in [0.15, 0.2) is 0 Å². The van der Waals surface area contributed by atoms with Crippen LogP contribution in [0.3, 0.4) is 0 Å². The standard InChI is InChI=1S/C16H23BrN2O.2ClH/c17-15-4-2-1-3-14(15)16(13-5-11-20-12-6-13)19-9-7-18-8-10-19;;/h1-4,13,16,18H,5-12H2;2*1H/t16-;;/m0../s1. The first kappa shape index (κ1) is 20.2. The fourth-order valence-electron chi connectivity index (χ4n) is 3.46. The zero-order chi connectivity index (χ0) is 13.8. The van der Waals surface area contributed by atoms with Gasteiger partial charge >= 0.3 is 0 Å². The molecule has 1 atom stereocenters. The maximum absolute atomic E-state index is 5.56. The summed E-state index contributed by atoms with van der Waals surface area (Å²) in [6.45, 7) is 6.32. The van der Waals surface area contributed by atoms with Crippen molar-refractivity contribution in [3.63, 3.8) is 0 Å². The maximum Gasteiger partial charge on any atom is 0.0469 e. The molecule has 2 aliphatic rings. The molecule has 2 saturated heterocycles. The Balaban J connectivity index is 0.00000121. The van der Waals surface area contributed by atoms with E-state index in [1.54, 1.807) is 0 Å². The number of hydrogen-bond acceptors (Lipinski definition) is 3. The van der Waals surface area contributed by atoms with E-state index in [0.717, 1.165) is 39.4 Å². The summed E-state index contributed by atoms with van der Waals surface area (Å²) in [5.41, 5.74) is 1.45. The SMILES string of the molecule is Brc1ccccc1[C@H](C1CCOCC1)N1CCNCC1.Cl.Cl. The van der Waals surface area contributed by atoms with Crippen molar-refractivity contribution >= 4 is 40.7 Å². The van der Waals surface area contributed by atoms with Gasteiger partial charge in [-0.1, -0.05) is 34.1 Å². The molecule has 0 aromatic heterocycles. The molecular weight excluding hydrogens is 387 g/mol. The van der Waals surface area contributed by atoms with Gasteiger partial charge in [-0.3, -0.25) is 4.90 Å². The minimum absolute atomic E-state index is 0. The van der Waals surface area contributed by atoms with Crippen molar-refractivity contribution in [3.05, 3.63) is 34.3 Å². The molecule has 6 heteroatoms. The van der Waals surface area contributed by atoms with E-state index in [0.29, 0.717) is 12.0 Å². The fourth-order valence-corrected chi connectivity index (χ4v) is 3.97. The van der Waals surface area contributed by atoms with E-state index in [9.17, 15) is 0 Å². The average Bonchev–Trinajstić information content (AvgIpc) is 2.52. The molecule has 0 amide bonds. The van der Waals surface area contributed by atoms with Crippen molar-refractivity contribution in [2.75, 3.05) is 39.4 Å².